The molecule has 0 saturated heterocycles. The third-order valence-corrected chi connectivity index (χ3v) is 3.33. The van der Waals surface area contributed by atoms with Gasteiger partial charge in [-0.05, 0) is 12.8 Å². The number of urea groups is 1. The van der Waals surface area contributed by atoms with E-state index in [1.54, 1.807) is 6.92 Å². The first-order chi connectivity index (χ1) is 9.61. The first kappa shape index (κ1) is 18.7. The number of unbranched alkanes of at least 4 members (excludes halogenated alkanes) is 7. The second-order valence-electron chi connectivity index (χ2n) is 5.17. The smallest absolute Gasteiger partial charge is 0.326 e. The van der Waals surface area contributed by atoms with E-state index >= 15 is 0 Å². The summed E-state index contributed by atoms with van der Waals surface area (Å²) in [6, 6.07) is -1.18. The van der Waals surface area contributed by atoms with Gasteiger partial charge in [0.25, 0.3) is 0 Å². The highest BCUT2D eigenvalue weighted by atomic mass is 16.4. The van der Waals surface area contributed by atoms with Gasteiger partial charge in [0.1, 0.15) is 6.04 Å². The highest BCUT2D eigenvalue weighted by Crippen LogP contribution is 2.07. The standard InChI is InChI=1S/C15H30N2O3/c1-3-5-6-7-8-9-10-11-12-16-15(20)17-13(4-2)14(18)19/h13H,3-12H2,1-2H3,(H,18,19)(H2,16,17,20). The molecule has 0 aliphatic heterocycles. The lowest BCUT2D eigenvalue weighted by Gasteiger charge is -2.13. The number of nitrogens with one attached hydrogen (secondary N) is 2. The summed E-state index contributed by atoms with van der Waals surface area (Å²) < 4.78 is 0. The fraction of sp³-hybridized carbons (Fsp3) is 0.867. The average molecular weight is 286 g/mol. The molecule has 0 spiro atoms. The summed E-state index contributed by atoms with van der Waals surface area (Å²) in [6.07, 6.45) is 10.2. The van der Waals surface area contributed by atoms with Crippen molar-refractivity contribution in [1.82, 2.24) is 10.6 Å². The molecule has 0 radical (unpaired) electrons. The molecule has 0 aromatic carbocycles. The highest BCUT2D eigenvalue weighted by Gasteiger charge is 2.16. The van der Waals surface area contributed by atoms with Crippen LogP contribution in [-0.2, 0) is 4.79 Å². The van der Waals surface area contributed by atoms with Crippen LogP contribution in [0.4, 0.5) is 4.79 Å². The van der Waals surface area contributed by atoms with Gasteiger partial charge < -0.3 is 15.7 Å². The zero-order valence-electron chi connectivity index (χ0n) is 12.9. The Bertz CT molecular complexity index is 270. The lowest BCUT2D eigenvalue weighted by molar-refractivity contribution is -0.139. The zero-order chi connectivity index (χ0) is 15.2. The van der Waals surface area contributed by atoms with Gasteiger partial charge in [-0.2, -0.15) is 0 Å². The maximum Gasteiger partial charge on any atom is 0.326 e. The fourth-order valence-corrected chi connectivity index (χ4v) is 2.01. The molecule has 118 valence electrons. The van der Waals surface area contributed by atoms with Gasteiger partial charge in [0, 0.05) is 6.54 Å². The first-order valence-electron chi connectivity index (χ1n) is 7.89. The number of amides is 2. The Morgan fingerprint density at radius 1 is 0.950 bits per heavy atom. The largest absolute Gasteiger partial charge is 0.480 e. The third-order valence-electron chi connectivity index (χ3n) is 3.33. The van der Waals surface area contributed by atoms with Crippen LogP contribution in [0.1, 0.15) is 71.6 Å². The van der Waals surface area contributed by atoms with Crippen LogP contribution in [-0.4, -0.2) is 29.7 Å². The van der Waals surface area contributed by atoms with Gasteiger partial charge in [-0.3, -0.25) is 0 Å². The molecular formula is C15H30N2O3. The number of rotatable bonds is 12. The Labute approximate surface area is 122 Å². The molecule has 0 aromatic rings. The van der Waals surface area contributed by atoms with Crippen molar-refractivity contribution < 1.29 is 14.7 Å². The van der Waals surface area contributed by atoms with E-state index in [9.17, 15) is 9.59 Å². The SMILES string of the molecule is CCCCCCCCCCNC(=O)NC(CC)C(=O)O. The van der Waals surface area contributed by atoms with Crippen LogP contribution in [0.3, 0.4) is 0 Å². The molecule has 0 aromatic heterocycles. The van der Waals surface area contributed by atoms with Crippen LogP contribution in [0.5, 0.6) is 0 Å². The molecule has 0 heterocycles. The lowest BCUT2D eigenvalue weighted by atomic mass is 10.1. The summed E-state index contributed by atoms with van der Waals surface area (Å²) in [5.74, 6) is -0.991. The minimum absolute atomic E-state index is 0.387. The van der Waals surface area contributed by atoms with Crippen molar-refractivity contribution in [1.29, 1.82) is 0 Å². The Balaban J connectivity index is 3.41. The van der Waals surface area contributed by atoms with E-state index in [0.29, 0.717) is 13.0 Å². The van der Waals surface area contributed by atoms with Gasteiger partial charge >= 0.3 is 12.0 Å². The Morgan fingerprint density at radius 3 is 2.00 bits per heavy atom. The van der Waals surface area contributed by atoms with Gasteiger partial charge in [-0.15, -0.1) is 0 Å². The minimum Gasteiger partial charge on any atom is -0.480 e. The second kappa shape index (κ2) is 12.8. The fourth-order valence-electron chi connectivity index (χ4n) is 2.01. The quantitative estimate of drug-likeness (QED) is 0.482. The third kappa shape index (κ3) is 10.6. The van der Waals surface area contributed by atoms with Crippen molar-refractivity contribution in [2.24, 2.45) is 0 Å². The van der Waals surface area contributed by atoms with Crippen LogP contribution in [0.2, 0.25) is 0 Å². The maximum absolute atomic E-state index is 11.4. The molecule has 1 unspecified atom stereocenters. The Kier molecular flexibility index (Phi) is 12.0. The molecule has 0 bridgehead atoms. The molecule has 1 atom stereocenters. The highest BCUT2D eigenvalue weighted by molar-refractivity contribution is 5.82. The zero-order valence-corrected chi connectivity index (χ0v) is 12.9. The molecule has 20 heavy (non-hydrogen) atoms. The normalized spacial score (nSPS) is 11.9. The van der Waals surface area contributed by atoms with Crippen molar-refractivity contribution >= 4 is 12.0 Å². The molecule has 0 fully saturated rings. The number of aliphatic carboxylic acids is 1. The van der Waals surface area contributed by atoms with Gasteiger partial charge in [0.2, 0.25) is 0 Å². The minimum atomic E-state index is -0.991. The Hall–Kier alpha value is -1.26. The topological polar surface area (TPSA) is 78.4 Å². The van der Waals surface area contributed by atoms with Gasteiger partial charge in [-0.25, -0.2) is 9.59 Å². The maximum atomic E-state index is 11.4. The van der Waals surface area contributed by atoms with Crippen LogP contribution < -0.4 is 10.6 Å². The molecule has 5 nitrogen and oxygen atoms in total. The molecule has 0 rings (SSSR count). The monoisotopic (exact) mass is 286 g/mol. The molecule has 0 aliphatic rings. The molecule has 3 N–H and O–H groups in total. The van der Waals surface area contributed by atoms with Crippen LogP contribution >= 0.6 is 0 Å². The van der Waals surface area contributed by atoms with Gasteiger partial charge in [0.05, 0.1) is 0 Å². The van der Waals surface area contributed by atoms with Gasteiger partial charge in [0.15, 0.2) is 0 Å². The Morgan fingerprint density at radius 2 is 1.50 bits per heavy atom. The number of carbonyl (C=O) groups is 2. The summed E-state index contributed by atoms with van der Waals surface area (Å²) in [5, 5.41) is 14.0. The van der Waals surface area contributed by atoms with E-state index in [2.05, 4.69) is 17.6 Å². The molecule has 0 aliphatic carbocycles. The van der Waals surface area contributed by atoms with Crippen molar-refractivity contribution in [3.05, 3.63) is 0 Å². The van der Waals surface area contributed by atoms with Crippen molar-refractivity contribution in [3.8, 4) is 0 Å². The van der Waals surface area contributed by atoms with E-state index in [1.165, 1.54) is 38.5 Å². The predicted octanol–water partition coefficient (Wildman–Crippen LogP) is 3.29. The number of carboxylic acid groups (broad SMARTS) is 1. The van der Waals surface area contributed by atoms with Crippen LogP contribution in [0.25, 0.3) is 0 Å². The molecule has 5 heteroatoms. The van der Waals surface area contributed by atoms with Crippen LogP contribution in [0.15, 0.2) is 0 Å². The summed E-state index contributed by atoms with van der Waals surface area (Å²) in [7, 11) is 0. The summed E-state index contributed by atoms with van der Waals surface area (Å²) >= 11 is 0. The second-order valence-corrected chi connectivity index (χ2v) is 5.17. The van der Waals surface area contributed by atoms with Crippen molar-refractivity contribution in [2.45, 2.75) is 77.7 Å². The molecular weight excluding hydrogens is 256 g/mol. The summed E-state index contributed by atoms with van der Waals surface area (Å²) in [6.45, 7) is 4.55. The van der Waals surface area contributed by atoms with E-state index in [0.717, 1.165) is 12.8 Å². The summed E-state index contributed by atoms with van der Waals surface area (Å²) in [4.78, 5) is 22.2. The van der Waals surface area contributed by atoms with E-state index < -0.39 is 12.0 Å². The predicted molar refractivity (Wildman–Crippen MR) is 80.9 cm³/mol. The lowest BCUT2D eigenvalue weighted by Crippen LogP contribution is -2.45. The molecule has 2 amide bonds. The number of hydrogen-bond donors (Lipinski definition) is 3. The summed E-state index contributed by atoms with van der Waals surface area (Å²) in [5.41, 5.74) is 0. The van der Waals surface area contributed by atoms with Crippen LogP contribution in [0, 0.1) is 0 Å². The van der Waals surface area contributed by atoms with E-state index in [4.69, 9.17) is 5.11 Å². The van der Waals surface area contributed by atoms with E-state index in [-0.39, 0.29) is 6.03 Å². The van der Waals surface area contributed by atoms with Crippen molar-refractivity contribution in [3.63, 3.8) is 0 Å². The average Bonchev–Trinajstić information content (AvgIpc) is 2.42. The molecule has 0 saturated carbocycles. The van der Waals surface area contributed by atoms with Gasteiger partial charge in [-0.1, -0.05) is 58.8 Å². The number of carboxylic acids is 1. The first-order valence-corrected chi connectivity index (χ1v) is 7.89. The van der Waals surface area contributed by atoms with E-state index in [1.807, 2.05) is 0 Å². The van der Waals surface area contributed by atoms with Crippen molar-refractivity contribution in [2.75, 3.05) is 6.54 Å². The number of hydrogen-bond acceptors (Lipinski definition) is 2. The number of carbonyl (C=O) groups excluding carboxylic acids is 1.